The van der Waals surface area contributed by atoms with Crippen LogP contribution < -0.4 is 16.4 Å². The second kappa shape index (κ2) is 21.3. The highest BCUT2D eigenvalue weighted by atomic mass is 16.5. The van der Waals surface area contributed by atoms with E-state index in [1.807, 2.05) is 0 Å². The molecule has 0 aliphatic heterocycles. The first-order valence-electron chi connectivity index (χ1n) is 9.72. The molecule has 0 radical (unpaired) electrons. The predicted octanol–water partition coefficient (Wildman–Crippen LogP) is 1.06. The molecule has 0 fully saturated rings. The van der Waals surface area contributed by atoms with E-state index in [0.717, 1.165) is 58.3 Å². The number of nitrogens with one attached hydrogen (secondary N) is 2. The van der Waals surface area contributed by atoms with Gasteiger partial charge in [0, 0.05) is 26.2 Å². The summed E-state index contributed by atoms with van der Waals surface area (Å²) in [6, 6.07) is 0. The second-order valence-electron chi connectivity index (χ2n) is 5.89. The molecule has 0 unspecified atom stereocenters. The number of carbonyl (C=O) groups excluding carboxylic acids is 1. The zero-order chi connectivity index (χ0) is 18.4. The highest BCUT2D eigenvalue weighted by Gasteiger charge is 1.98. The lowest BCUT2D eigenvalue weighted by Gasteiger charge is -2.08. The maximum absolute atomic E-state index is 11.4. The predicted molar refractivity (Wildman–Crippen MR) is 101 cm³/mol. The van der Waals surface area contributed by atoms with E-state index >= 15 is 0 Å². The van der Waals surface area contributed by atoms with Crippen molar-refractivity contribution in [3.63, 3.8) is 0 Å². The fourth-order valence-electron chi connectivity index (χ4n) is 2.02. The van der Waals surface area contributed by atoms with Gasteiger partial charge < -0.3 is 30.6 Å². The summed E-state index contributed by atoms with van der Waals surface area (Å²) in [5, 5.41) is 6.20. The lowest BCUT2D eigenvalue weighted by molar-refractivity contribution is -0.121. The summed E-state index contributed by atoms with van der Waals surface area (Å²) in [4.78, 5) is 11.4. The Hall–Kier alpha value is -0.730. The fraction of sp³-hybridized carbons (Fsp3) is 0.944. The number of ether oxygens (including phenoxy) is 3. The Kier molecular flexibility index (Phi) is 20.7. The van der Waals surface area contributed by atoms with E-state index in [0.29, 0.717) is 46.0 Å². The van der Waals surface area contributed by atoms with Gasteiger partial charge in [0.15, 0.2) is 0 Å². The molecular formula is C18H39N3O4. The molecule has 0 aromatic heterocycles. The van der Waals surface area contributed by atoms with Crippen molar-refractivity contribution in [2.45, 2.75) is 45.4 Å². The normalized spacial score (nSPS) is 11.0. The number of rotatable bonds is 20. The van der Waals surface area contributed by atoms with Gasteiger partial charge in [-0.25, -0.2) is 0 Å². The molecule has 7 heteroatoms. The van der Waals surface area contributed by atoms with Crippen LogP contribution in [-0.4, -0.2) is 71.7 Å². The van der Waals surface area contributed by atoms with Crippen molar-refractivity contribution in [1.82, 2.24) is 10.6 Å². The van der Waals surface area contributed by atoms with Crippen molar-refractivity contribution in [2.75, 3.05) is 65.8 Å². The van der Waals surface area contributed by atoms with Crippen molar-refractivity contribution in [2.24, 2.45) is 5.73 Å². The minimum absolute atomic E-state index is 0.136. The van der Waals surface area contributed by atoms with Crippen LogP contribution >= 0.6 is 0 Å². The maximum atomic E-state index is 11.4. The molecule has 7 nitrogen and oxygen atoms in total. The molecule has 0 rings (SSSR count). The van der Waals surface area contributed by atoms with Gasteiger partial charge in [-0.2, -0.15) is 0 Å². The van der Waals surface area contributed by atoms with Crippen molar-refractivity contribution in [3.8, 4) is 0 Å². The van der Waals surface area contributed by atoms with Crippen molar-refractivity contribution < 1.29 is 19.0 Å². The van der Waals surface area contributed by atoms with Crippen LogP contribution in [0, 0.1) is 0 Å². The molecule has 0 bridgehead atoms. The van der Waals surface area contributed by atoms with Gasteiger partial charge in [-0.1, -0.05) is 13.3 Å². The van der Waals surface area contributed by atoms with E-state index in [9.17, 15) is 4.79 Å². The highest BCUT2D eigenvalue weighted by Crippen LogP contribution is 1.93. The lowest BCUT2D eigenvalue weighted by Crippen LogP contribution is -2.25. The van der Waals surface area contributed by atoms with E-state index in [1.165, 1.54) is 0 Å². The fourth-order valence-corrected chi connectivity index (χ4v) is 2.02. The number of hydrogen-bond donors (Lipinski definition) is 3. The topological polar surface area (TPSA) is 94.8 Å². The Morgan fingerprint density at radius 3 is 1.96 bits per heavy atom. The monoisotopic (exact) mass is 361 g/mol. The maximum Gasteiger partial charge on any atom is 0.219 e. The molecule has 0 saturated carbocycles. The zero-order valence-corrected chi connectivity index (χ0v) is 16.0. The molecule has 0 aromatic rings. The van der Waals surface area contributed by atoms with Crippen LogP contribution in [0.15, 0.2) is 0 Å². The molecule has 25 heavy (non-hydrogen) atoms. The van der Waals surface area contributed by atoms with Gasteiger partial charge in [0.25, 0.3) is 0 Å². The molecule has 4 N–H and O–H groups in total. The van der Waals surface area contributed by atoms with Gasteiger partial charge in [-0.05, 0) is 45.3 Å². The van der Waals surface area contributed by atoms with Gasteiger partial charge in [-0.15, -0.1) is 0 Å². The summed E-state index contributed by atoms with van der Waals surface area (Å²) >= 11 is 0. The summed E-state index contributed by atoms with van der Waals surface area (Å²) in [5.41, 5.74) is 5.41. The first-order valence-corrected chi connectivity index (χ1v) is 9.72. The number of unbranched alkanes of at least 4 members (excludes halogenated alkanes) is 1. The average Bonchev–Trinajstić information content (AvgIpc) is 2.62. The third-order valence-corrected chi connectivity index (χ3v) is 3.49. The van der Waals surface area contributed by atoms with Gasteiger partial charge in [-0.3, -0.25) is 4.79 Å². The minimum atomic E-state index is 0.136. The summed E-state index contributed by atoms with van der Waals surface area (Å²) in [6.07, 6.45) is 5.48. The molecule has 0 aromatic carbocycles. The van der Waals surface area contributed by atoms with Crippen molar-refractivity contribution in [1.29, 1.82) is 0 Å². The molecule has 150 valence electrons. The summed E-state index contributed by atoms with van der Waals surface area (Å²) in [7, 11) is 0. The zero-order valence-electron chi connectivity index (χ0n) is 16.0. The largest absolute Gasteiger partial charge is 0.379 e. The molecular weight excluding hydrogens is 322 g/mol. The Balaban J connectivity index is 3.04. The van der Waals surface area contributed by atoms with Crippen LogP contribution in [0.1, 0.15) is 45.4 Å². The highest BCUT2D eigenvalue weighted by molar-refractivity contribution is 5.75. The molecule has 0 aliphatic rings. The lowest BCUT2D eigenvalue weighted by atomic mass is 10.2. The molecule has 1 amide bonds. The van der Waals surface area contributed by atoms with Gasteiger partial charge in [0.05, 0.1) is 26.4 Å². The third kappa shape index (κ3) is 21.2. The average molecular weight is 362 g/mol. The van der Waals surface area contributed by atoms with Crippen LogP contribution in [-0.2, 0) is 19.0 Å². The van der Waals surface area contributed by atoms with Crippen molar-refractivity contribution >= 4 is 5.91 Å². The van der Waals surface area contributed by atoms with E-state index in [2.05, 4.69) is 17.6 Å². The van der Waals surface area contributed by atoms with Crippen LogP contribution in [0.3, 0.4) is 0 Å². The minimum Gasteiger partial charge on any atom is -0.379 e. The van der Waals surface area contributed by atoms with Crippen LogP contribution in [0.4, 0.5) is 0 Å². The standard InChI is InChI=1S/C18H39N3O4/c1-2-3-7-18(22)21-11-6-13-24-15-17-25-16-14-23-12-5-10-20-9-4-8-19/h20H,2-17,19H2,1H3,(H,21,22). The Morgan fingerprint density at radius 2 is 1.36 bits per heavy atom. The first-order chi connectivity index (χ1) is 12.3. The SMILES string of the molecule is CCCCC(=O)NCCCOCCOCCOCCCNCCCN. The van der Waals surface area contributed by atoms with Crippen LogP contribution in [0.25, 0.3) is 0 Å². The second-order valence-corrected chi connectivity index (χ2v) is 5.89. The quantitative estimate of drug-likeness (QED) is 0.281. The Bertz CT molecular complexity index is 281. The van der Waals surface area contributed by atoms with Crippen LogP contribution in [0.5, 0.6) is 0 Å². The van der Waals surface area contributed by atoms with Gasteiger partial charge in [0.1, 0.15) is 0 Å². The number of carbonyl (C=O) groups is 1. The molecule has 0 aliphatic carbocycles. The Morgan fingerprint density at radius 1 is 0.800 bits per heavy atom. The number of nitrogens with two attached hydrogens (primary N) is 1. The summed E-state index contributed by atoms with van der Waals surface area (Å²) in [6.45, 7) is 9.20. The van der Waals surface area contributed by atoms with Crippen molar-refractivity contribution in [3.05, 3.63) is 0 Å². The van der Waals surface area contributed by atoms with Gasteiger partial charge in [0.2, 0.25) is 5.91 Å². The van der Waals surface area contributed by atoms with E-state index in [1.54, 1.807) is 0 Å². The molecule has 0 saturated heterocycles. The van der Waals surface area contributed by atoms with Gasteiger partial charge >= 0.3 is 0 Å². The van der Waals surface area contributed by atoms with E-state index in [4.69, 9.17) is 19.9 Å². The summed E-state index contributed by atoms with van der Waals surface area (Å²) in [5.74, 6) is 0.136. The Labute approximate surface area is 153 Å². The van der Waals surface area contributed by atoms with Crippen LogP contribution in [0.2, 0.25) is 0 Å². The molecule has 0 heterocycles. The summed E-state index contributed by atoms with van der Waals surface area (Å²) < 4.78 is 16.4. The van der Waals surface area contributed by atoms with E-state index in [-0.39, 0.29) is 5.91 Å². The first kappa shape index (κ1) is 24.3. The molecule has 0 spiro atoms. The molecule has 0 atom stereocenters. The smallest absolute Gasteiger partial charge is 0.219 e. The number of hydrogen-bond acceptors (Lipinski definition) is 6. The number of amides is 1. The van der Waals surface area contributed by atoms with E-state index < -0.39 is 0 Å². The third-order valence-electron chi connectivity index (χ3n) is 3.49.